The molecule has 0 saturated heterocycles. The molecule has 0 radical (unpaired) electrons. The van der Waals surface area contributed by atoms with Crippen LogP contribution in [0.25, 0.3) is 0 Å². The Morgan fingerprint density at radius 3 is 2.26 bits per heavy atom. The number of rotatable bonds is 11. The van der Waals surface area contributed by atoms with Crippen molar-refractivity contribution in [3.63, 3.8) is 0 Å². The van der Waals surface area contributed by atoms with Crippen LogP contribution >= 0.6 is 22.9 Å². The number of benzene rings is 3. The number of aromatic nitrogens is 1. The molecular weight excluding hydrogens is 581 g/mol. The van der Waals surface area contributed by atoms with Gasteiger partial charge in [-0.3, -0.25) is 14.4 Å². The summed E-state index contributed by atoms with van der Waals surface area (Å²) >= 11 is 6.89. The van der Waals surface area contributed by atoms with Crippen molar-refractivity contribution in [3.05, 3.63) is 99.6 Å². The van der Waals surface area contributed by atoms with E-state index in [1.165, 1.54) is 29.2 Å². The van der Waals surface area contributed by atoms with Gasteiger partial charge in [0.2, 0.25) is 11.7 Å². The molecule has 0 aliphatic carbocycles. The van der Waals surface area contributed by atoms with Crippen LogP contribution in [0.15, 0.2) is 72.8 Å². The molecule has 1 aromatic heterocycles. The molecule has 218 valence electrons. The number of thiazole rings is 1. The van der Waals surface area contributed by atoms with Gasteiger partial charge in [-0.2, -0.15) is 0 Å². The van der Waals surface area contributed by atoms with Crippen LogP contribution in [-0.4, -0.2) is 34.2 Å². The highest BCUT2D eigenvalue weighted by Gasteiger charge is 2.30. The number of ether oxygens (including phenoxy) is 1. The average molecular weight is 610 g/mol. The molecule has 0 aliphatic rings. The summed E-state index contributed by atoms with van der Waals surface area (Å²) in [5, 5.41) is 3.71. The minimum Gasteiger partial charge on any atom is -0.478 e. The fourth-order valence-corrected chi connectivity index (χ4v) is 5.13. The lowest BCUT2D eigenvalue weighted by Gasteiger charge is -2.26. The van der Waals surface area contributed by atoms with E-state index >= 15 is 0 Å². The first-order valence-corrected chi connectivity index (χ1v) is 14.0. The Morgan fingerprint density at radius 1 is 1.05 bits per heavy atom. The number of anilines is 3. The molecule has 4 rings (SSSR count). The Bertz CT molecular complexity index is 1590. The highest BCUT2D eigenvalue weighted by Crippen LogP contribution is 2.36. The maximum absolute atomic E-state index is 13.5. The van der Waals surface area contributed by atoms with E-state index in [0.717, 1.165) is 16.9 Å². The molecule has 0 fully saturated rings. The van der Waals surface area contributed by atoms with E-state index in [2.05, 4.69) is 10.3 Å². The zero-order chi connectivity index (χ0) is 30.6. The molecule has 0 aliphatic heterocycles. The van der Waals surface area contributed by atoms with Crippen molar-refractivity contribution in [2.45, 2.75) is 39.0 Å². The van der Waals surface area contributed by atoms with Crippen molar-refractivity contribution in [1.29, 1.82) is 0 Å². The zero-order valence-corrected chi connectivity index (χ0v) is 24.6. The van der Waals surface area contributed by atoms with Crippen molar-refractivity contribution in [2.24, 2.45) is 5.73 Å². The van der Waals surface area contributed by atoms with Gasteiger partial charge in [0.1, 0.15) is 28.3 Å². The Kier molecular flexibility index (Phi) is 9.13. The van der Waals surface area contributed by atoms with Gasteiger partial charge in [0.05, 0.1) is 0 Å². The molecule has 1 heterocycles. The predicted octanol–water partition coefficient (Wildman–Crippen LogP) is 5.23. The maximum atomic E-state index is 13.5. The van der Waals surface area contributed by atoms with Gasteiger partial charge in [0.15, 0.2) is 10.7 Å². The first-order chi connectivity index (χ1) is 19.9. The molecule has 5 N–H and O–H groups in total. The molecule has 9 nitrogen and oxygen atoms in total. The molecule has 0 spiro atoms. The number of nitrogens with zero attached hydrogens (tertiary/aromatic N) is 2. The molecule has 2 amide bonds. The second-order valence-electron chi connectivity index (χ2n) is 9.91. The van der Waals surface area contributed by atoms with Crippen LogP contribution in [0.1, 0.15) is 41.6 Å². The topological polar surface area (TPSA) is 141 Å². The fraction of sp³-hybridized carbons (Fsp3) is 0.200. The minimum atomic E-state index is -1.20. The normalized spacial score (nSPS) is 11.9. The van der Waals surface area contributed by atoms with Gasteiger partial charge in [-0.1, -0.05) is 35.1 Å². The Morgan fingerprint density at radius 2 is 1.67 bits per heavy atom. The number of amides is 2. The van der Waals surface area contributed by atoms with Crippen LogP contribution in [0.2, 0.25) is 5.02 Å². The van der Waals surface area contributed by atoms with E-state index in [1.807, 2.05) is 12.1 Å². The zero-order valence-electron chi connectivity index (χ0n) is 23.1. The lowest BCUT2D eigenvalue weighted by Crippen LogP contribution is -2.46. The van der Waals surface area contributed by atoms with Crippen molar-refractivity contribution in [1.82, 2.24) is 10.3 Å². The van der Waals surface area contributed by atoms with Crippen LogP contribution in [0.5, 0.6) is 5.75 Å². The predicted molar refractivity (Wildman–Crippen MR) is 162 cm³/mol. The van der Waals surface area contributed by atoms with E-state index in [9.17, 15) is 18.8 Å². The number of ketones is 1. The number of halogens is 2. The Labute approximate surface area is 251 Å². The summed E-state index contributed by atoms with van der Waals surface area (Å²) in [4.78, 5) is 44.1. The fourth-order valence-electron chi connectivity index (χ4n) is 3.96. The number of hydrogen-bond acceptors (Lipinski definition) is 8. The standard InChI is InChI=1S/C30H29ClFN5O4S/c1-17(27(34)39)37(22-12-10-21(32)11-13-22)29-36-26(33)25(42-29)24(38)19-6-14-23(15-7-19)41-30(2,3)28(40)35-16-18-4-8-20(31)9-5-18/h4-15,17H,16,33H2,1-3H3,(H2,34,39)(H,35,40)/t17-/m1/s1. The van der Waals surface area contributed by atoms with E-state index in [0.29, 0.717) is 28.6 Å². The van der Waals surface area contributed by atoms with Gasteiger partial charge in [-0.25, -0.2) is 9.37 Å². The summed E-state index contributed by atoms with van der Waals surface area (Å²) in [6.45, 7) is 5.17. The summed E-state index contributed by atoms with van der Waals surface area (Å²) < 4.78 is 19.4. The number of carbonyl (C=O) groups is 3. The number of hydrogen-bond donors (Lipinski definition) is 3. The molecule has 0 saturated carbocycles. The third kappa shape index (κ3) is 7.04. The van der Waals surface area contributed by atoms with Gasteiger partial charge in [0.25, 0.3) is 5.91 Å². The third-order valence-corrected chi connectivity index (χ3v) is 7.68. The van der Waals surface area contributed by atoms with Crippen LogP contribution in [0, 0.1) is 5.82 Å². The second kappa shape index (κ2) is 12.6. The van der Waals surface area contributed by atoms with Crippen LogP contribution < -0.4 is 26.4 Å². The summed E-state index contributed by atoms with van der Waals surface area (Å²) in [5.41, 5.74) is 12.1. The monoisotopic (exact) mass is 609 g/mol. The number of nitrogens with two attached hydrogens (primary N) is 2. The summed E-state index contributed by atoms with van der Waals surface area (Å²) in [7, 11) is 0. The molecule has 1 atom stereocenters. The van der Waals surface area contributed by atoms with Gasteiger partial charge in [0, 0.05) is 22.8 Å². The van der Waals surface area contributed by atoms with E-state index < -0.39 is 29.2 Å². The summed E-state index contributed by atoms with van der Waals surface area (Å²) in [6.07, 6.45) is 0. The maximum Gasteiger partial charge on any atom is 0.263 e. The van der Waals surface area contributed by atoms with Gasteiger partial charge in [-0.05, 0) is 87.0 Å². The lowest BCUT2D eigenvalue weighted by atomic mass is 10.1. The van der Waals surface area contributed by atoms with Crippen molar-refractivity contribution in [3.8, 4) is 5.75 Å². The van der Waals surface area contributed by atoms with Gasteiger partial charge < -0.3 is 26.4 Å². The largest absolute Gasteiger partial charge is 0.478 e. The lowest BCUT2D eigenvalue weighted by molar-refractivity contribution is -0.134. The van der Waals surface area contributed by atoms with Crippen LogP contribution in [0.4, 0.5) is 21.0 Å². The smallest absolute Gasteiger partial charge is 0.263 e. The number of nitrogens with one attached hydrogen (secondary N) is 1. The number of primary amides is 1. The summed E-state index contributed by atoms with van der Waals surface area (Å²) in [6, 6.07) is 18.0. The Hall–Kier alpha value is -4.48. The van der Waals surface area contributed by atoms with Crippen molar-refractivity contribution >= 4 is 57.2 Å². The Balaban J connectivity index is 1.48. The third-order valence-electron chi connectivity index (χ3n) is 6.36. The van der Waals surface area contributed by atoms with Gasteiger partial charge >= 0.3 is 0 Å². The van der Waals surface area contributed by atoms with Crippen molar-refractivity contribution in [2.75, 3.05) is 10.6 Å². The van der Waals surface area contributed by atoms with Gasteiger partial charge in [-0.15, -0.1) is 0 Å². The van der Waals surface area contributed by atoms with Crippen LogP contribution in [0.3, 0.4) is 0 Å². The molecule has 3 aromatic carbocycles. The molecule has 4 aromatic rings. The number of nitrogen functional groups attached to an aromatic ring is 1. The minimum absolute atomic E-state index is 0.0254. The summed E-state index contributed by atoms with van der Waals surface area (Å²) in [5.74, 6) is -1.45. The van der Waals surface area contributed by atoms with Crippen molar-refractivity contribution < 1.29 is 23.5 Å². The van der Waals surface area contributed by atoms with E-state index in [1.54, 1.807) is 57.2 Å². The quantitative estimate of drug-likeness (QED) is 0.198. The average Bonchev–Trinajstić information content (AvgIpc) is 3.34. The second-order valence-corrected chi connectivity index (χ2v) is 11.3. The first kappa shape index (κ1) is 30.5. The molecule has 42 heavy (non-hydrogen) atoms. The van der Waals surface area contributed by atoms with E-state index in [4.69, 9.17) is 27.8 Å². The van der Waals surface area contributed by atoms with E-state index in [-0.39, 0.29) is 21.7 Å². The molecule has 12 heteroatoms. The molecule has 0 bridgehead atoms. The highest BCUT2D eigenvalue weighted by molar-refractivity contribution is 7.18. The SMILES string of the molecule is C[C@H](C(N)=O)N(c1ccc(F)cc1)c1nc(N)c(C(=O)c2ccc(OC(C)(C)C(=O)NCc3ccc(Cl)cc3)cc2)s1. The first-order valence-electron chi connectivity index (χ1n) is 12.8. The van der Waals surface area contributed by atoms with Crippen LogP contribution in [-0.2, 0) is 16.1 Å². The number of carbonyl (C=O) groups excluding carboxylic acids is 3. The highest BCUT2D eigenvalue weighted by atomic mass is 35.5. The molecule has 0 unspecified atom stereocenters. The molecular formula is C30H29ClFN5O4S.